The SMILES string of the molecule is CC(C)CC(C1CCCCCC1)N1CCNCC1. The highest BCUT2D eigenvalue weighted by atomic mass is 15.2. The Morgan fingerprint density at radius 3 is 2.17 bits per heavy atom. The first-order valence-electron chi connectivity index (χ1n) is 8.22. The average Bonchev–Trinajstić information content (AvgIpc) is 2.65. The Hall–Kier alpha value is -0.0800. The maximum atomic E-state index is 3.50. The lowest BCUT2D eigenvalue weighted by Crippen LogP contribution is -2.51. The van der Waals surface area contributed by atoms with E-state index in [-0.39, 0.29) is 0 Å². The summed E-state index contributed by atoms with van der Waals surface area (Å²) in [5.74, 6) is 1.82. The summed E-state index contributed by atoms with van der Waals surface area (Å²) in [5, 5.41) is 3.50. The van der Waals surface area contributed by atoms with E-state index < -0.39 is 0 Å². The predicted octanol–water partition coefficient (Wildman–Crippen LogP) is 3.28. The number of piperazine rings is 1. The first-order valence-corrected chi connectivity index (χ1v) is 8.22. The molecular formula is C16H32N2. The zero-order chi connectivity index (χ0) is 12.8. The van der Waals surface area contributed by atoms with Crippen LogP contribution in [0.4, 0.5) is 0 Å². The molecule has 2 nitrogen and oxygen atoms in total. The van der Waals surface area contributed by atoms with Crippen molar-refractivity contribution in [2.75, 3.05) is 26.2 Å². The number of hydrogen-bond acceptors (Lipinski definition) is 2. The molecule has 2 heteroatoms. The summed E-state index contributed by atoms with van der Waals surface area (Å²) in [6.45, 7) is 9.72. The van der Waals surface area contributed by atoms with Crippen LogP contribution in [-0.4, -0.2) is 37.1 Å². The molecule has 1 N–H and O–H groups in total. The number of nitrogens with zero attached hydrogens (tertiary/aromatic N) is 1. The van der Waals surface area contributed by atoms with E-state index in [1.54, 1.807) is 0 Å². The molecular weight excluding hydrogens is 220 g/mol. The monoisotopic (exact) mass is 252 g/mol. The molecule has 2 rings (SSSR count). The van der Waals surface area contributed by atoms with E-state index in [0.717, 1.165) is 17.9 Å². The Kier molecular flexibility index (Phi) is 5.97. The zero-order valence-electron chi connectivity index (χ0n) is 12.5. The number of rotatable bonds is 4. The van der Waals surface area contributed by atoms with Crippen LogP contribution in [0, 0.1) is 11.8 Å². The summed E-state index contributed by atoms with van der Waals surface area (Å²) >= 11 is 0. The molecule has 0 bridgehead atoms. The first kappa shape index (κ1) is 14.3. The minimum atomic E-state index is 0.841. The van der Waals surface area contributed by atoms with Crippen LogP contribution < -0.4 is 5.32 Å². The third-order valence-electron chi connectivity index (χ3n) is 4.78. The van der Waals surface area contributed by atoms with Gasteiger partial charge in [0.1, 0.15) is 0 Å². The smallest absolute Gasteiger partial charge is 0.0127 e. The van der Waals surface area contributed by atoms with Crippen molar-refractivity contribution in [1.29, 1.82) is 0 Å². The van der Waals surface area contributed by atoms with Crippen molar-refractivity contribution in [2.45, 2.75) is 64.8 Å². The molecule has 0 radical (unpaired) electrons. The summed E-state index contributed by atoms with van der Waals surface area (Å²) in [5.41, 5.74) is 0. The summed E-state index contributed by atoms with van der Waals surface area (Å²) in [6.07, 6.45) is 10.3. The van der Waals surface area contributed by atoms with Crippen molar-refractivity contribution >= 4 is 0 Å². The first-order chi connectivity index (χ1) is 8.77. The van der Waals surface area contributed by atoms with Gasteiger partial charge in [0.05, 0.1) is 0 Å². The van der Waals surface area contributed by atoms with E-state index >= 15 is 0 Å². The lowest BCUT2D eigenvalue weighted by Gasteiger charge is -2.40. The van der Waals surface area contributed by atoms with Gasteiger partial charge >= 0.3 is 0 Å². The fourth-order valence-electron chi connectivity index (χ4n) is 3.83. The van der Waals surface area contributed by atoms with Crippen LogP contribution in [0.15, 0.2) is 0 Å². The summed E-state index contributed by atoms with van der Waals surface area (Å²) in [7, 11) is 0. The van der Waals surface area contributed by atoms with E-state index in [9.17, 15) is 0 Å². The minimum absolute atomic E-state index is 0.841. The van der Waals surface area contributed by atoms with Crippen LogP contribution in [0.25, 0.3) is 0 Å². The highest BCUT2D eigenvalue weighted by Crippen LogP contribution is 2.31. The molecule has 1 aliphatic carbocycles. The quantitative estimate of drug-likeness (QED) is 0.773. The summed E-state index contributed by atoms with van der Waals surface area (Å²) in [4.78, 5) is 2.80. The van der Waals surface area contributed by atoms with Crippen molar-refractivity contribution < 1.29 is 0 Å². The van der Waals surface area contributed by atoms with Crippen molar-refractivity contribution in [2.24, 2.45) is 11.8 Å². The van der Waals surface area contributed by atoms with Gasteiger partial charge in [0.2, 0.25) is 0 Å². The molecule has 18 heavy (non-hydrogen) atoms. The van der Waals surface area contributed by atoms with Crippen LogP contribution in [0.3, 0.4) is 0 Å². The lowest BCUT2D eigenvalue weighted by atomic mass is 9.85. The molecule has 2 fully saturated rings. The van der Waals surface area contributed by atoms with E-state index in [0.29, 0.717) is 0 Å². The van der Waals surface area contributed by atoms with Crippen molar-refractivity contribution in [3.8, 4) is 0 Å². The largest absolute Gasteiger partial charge is 0.314 e. The predicted molar refractivity (Wildman–Crippen MR) is 78.9 cm³/mol. The Balaban J connectivity index is 1.97. The number of hydrogen-bond donors (Lipinski definition) is 1. The van der Waals surface area contributed by atoms with Gasteiger partial charge in [0.15, 0.2) is 0 Å². The molecule has 1 atom stereocenters. The molecule has 1 unspecified atom stereocenters. The van der Waals surface area contributed by atoms with Crippen molar-refractivity contribution in [3.63, 3.8) is 0 Å². The topological polar surface area (TPSA) is 15.3 Å². The van der Waals surface area contributed by atoms with Gasteiger partial charge in [-0.15, -0.1) is 0 Å². The number of nitrogens with one attached hydrogen (secondary N) is 1. The van der Waals surface area contributed by atoms with E-state index in [2.05, 4.69) is 24.1 Å². The minimum Gasteiger partial charge on any atom is -0.314 e. The van der Waals surface area contributed by atoms with Gasteiger partial charge in [-0.2, -0.15) is 0 Å². The van der Waals surface area contributed by atoms with Crippen LogP contribution >= 0.6 is 0 Å². The van der Waals surface area contributed by atoms with Gasteiger partial charge in [-0.3, -0.25) is 4.90 Å². The van der Waals surface area contributed by atoms with Crippen LogP contribution in [0.1, 0.15) is 58.8 Å². The summed E-state index contributed by atoms with van der Waals surface area (Å²) < 4.78 is 0. The fourth-order valence-corrected chi connectivity index (χ4v) is 3.83. The van der Waals surface area contributed by atoms with Gasteiger partial charge in [0, 0.05) is 32.2 Å². The maximum Gasteiger partial charge on any atom is 0.0127 e. The Morgan fingerprint density at radius 2 is 1.61 bits per heavy atom. The summed E-state index contributed by atoms with van der Waals surface area (Å²) in [6, 6.07) is 0.866. The Morgan fingerprint density at radius 1 is 1.00 bits per heavy atom. The molecule has 0 aromatic heterocycles. The van der Waals surface area contributed by atoms with E-state index in [4.69, 9.17) is 0 Å². The molecule has 1 saturated heterocycles. The standard InChI is InChI=1S/C16H32N2/c1-14(2)13-16(18-11-9-17-10-12-18)15-7-5-3-4-6-8-15/h14-17H,3-13H2,1-2H3. The highest BCUT2D eigenvalue weighted by Gasteiger charge is 2.29. The van der Waals surface area contributed by atoms with Crippen molar-refractivity contribution in [1.82, 2.24) is 10.2 Å². The highest BCUT2D eigenvalue weighted by molar-refractivity contribution is 4.84. The van der Waals surface area contributed by atoms with Crippen LogP contribution in [0.2, 0.25) is 0 Å². The normalized spacial score (nSPS) is 26.2. The lowest BCUT2D eigenvalue weighted by molar-refractivity contribution is 0.0980. The van der Waals surface area contributed by atoms with Crippen molar-refractivity contribution in [3.05, 3.63) is 0 Å². The molecule has 0 aromatic rings. The third-order valence-corrected chi connectivity index (χ3v) is 4.78. The third kappa shape index (κ3) is 4.24. The van der Waals surface area contributed by atoms with E-state index in [1.165, 1.54) is 71.1 Å². The van der Waals surface area contributed by atoms with Gasteiger partial charge in [-0.25, -0.2) is 0 Å². The second-order valence-corrected chi connectivity index (χ2v) is 6.73. The molecule has 0 spiro atoms. The van der Waals surface area contributed by atoms with Gasteiger partial charge in [-0.05, 0) is 31.1 Å². The maximum absolute atomic E-state index is 3.50. The van der Waals surface area contributed by atoms with Gasteiger partial charge in [0.25, 0.3) is 0 Å². The van der Waals surface area contributed by atoms with Crippen LogP contribution in [-0.2, 0) is 0 Å². The molecule has 1 heterocycles. The fraction of sp³-hybridized carbons (Fsp3) is 1.00. The van der Waals surface area contributed by atoms with Gasteiger partial charge in [-0.1, -0.05) is 39.5 Å². The molecule has 1 saturated carbocycles. The molecule has 0 amide bonds. The second kappa shape index (κ2) is 7.49. The average molecular weight is 252 g/mol. The molecule has 1 aliphatic heterocycles. The second-order valence-electron chi connectivity index (χ2n) is 6.73. The Bertz CT molecular complexity index is 213. The van der Waals surface area contributed by atoms with E-state index in [1.807, 2.05) is 0 Å². The van der Waals surface area contributed by atoms with Gasteiger partial charge < -0.3 is 5.32 Å². The Labute approximate surface area is 114 Å². The van der Waals surface area contributed by atoms with Crippen LogP contribution in [0.5, 0.6) is 0 Å². The molecule has 0 aromatic carbocycles. The molecule has 106 valence electrons. The zero-order valence-corrected chi connectivity index (χ0v) is 12.5. The molecule has 2 aliphatic rings.